The molecule has 0 aliphatic carbocycles. The van der Waals surface area contributed by atoms with E-state index in [9.17, 15) is 14.7 Å². The molecule has 8 heteroatoms. The van der Waals surface area contributed by atoms with Crippen LogP contribution in [0.25, 0.3) is 0 Å². The summed E-state index contributed by atoms with van der Waals surface area (Å²) >= 11 is 5.93. The summed E-state index contributed by atoms with van der Waals surface area (Å²) < 4.78 is 5.28. The van der Waals surface area contributed by atoms with Crippen molar-refractivity contribution in [2.75, 3.05) is 19.7 Å². The lowest BCUT2D eigenvalue weighted by Gasteiger charge is -2.18. The zero-order valence-electron chi connectivity index (χ0n) is 14.1. The van der Waals surface area contributed by atoms with Crippen LogP contribution in [0.1, 0.15) is 38.2 Å². The number of benzene rings is 1. The first-order valence-corrected chi connectivity index (χ1v) is 8.64. The summed E-state index contributed by atoms with van der Waals surface area (Å²) in [7, 11) is 0. The highest BCUT2D eigenvalue weighted by Gasteiger charge is 2.18. The van der Waals surface area contributed by atoms with Crippen LogP contribution in [0.15, 0.2) is 17.2 Å². The molecular weight excluding hydrogens is 346 g/mol. The molecule has 0 radical (unpaired) electrons. The molecule has 136 valence electrons. The molecule has 2 rings (SSSR count). The molecular formula is C17H22ClN3O4. The third kappa shape index (κ3) is 5.63. The highest BCUT2D eigenvalue weighted by Crippen LogP contribution is 2.34. The molecule has 1 saturated heterocycles. The van der Waals surface area contributed by atoms with E-state index in [-0.39, 0.29) is 34.9 Å². The van der Waals surface area contributed by atoms with Crippen molar-refractivity contribution in [1.82, 2.24) is 10.3 Å². The van der Waals surface area contributed by atoms with Crippen LogP contribution in [-0.2, 0) is 9.59 Å². The summed E-state index contributed by atoms with van der Waals surface area (Å²) in [6.07, 6.45) is 4.68. The number of carbonyl (C=O) groups is 2. The molecule has 0 saturated carbocycles. The zero-order valence-corrected chi connectivity index (χ0v) is 14.9. The Morgan fingerprint density at radius 1 is 1.44 bits per heavy atom. The molecule has 2 amide bonds. The Kier molecular flexibility index (Phi) is 7.06. The number of rotatable bonds is 6. The van der Waals surface area contributed by atoms with Crippen molar-refractivity contribution in [2.24, 2.45) is 5.10 Å². The first kappa shape index (κ1) is 19.1. The van der Waals surface area contributed by atoms with Gasteiger partial charge in [0, 0.05) is 13.0 Å². The molecule has 0 aromatic heterocycles. The summed E-state index contributed by atoms with van der Waals surface area (Å²) in [5.74, 6) is -0.243. The Bertz CT molecular complexity index is 664. The predicted octanol–water partition coefficient (Wildman–Crippen LogP) is 2.30. The van der Waals surface area contributed by atoms with Gasteiger partial charge < -0.3 is 14.7 Å². The molecule has 1 heterocycles. The SMILES string of the molecule is CCOc1cc(/C=N/NC(=O)CN2CCCCCC2=O)cc(Cl)c1O. The standard InChI is InChI=1S/C17H22ClN3O4/c1-2-25-14-9-12(8-13(18)17(14)24)10-19-20-15(22)11-21-7-5-3-4-6-16(21)23/h8-10,24H,2-7,11H2,1H3,(H,20,22)/b19-10+. The van der Waals surface area contributed by atoms with Gasteiger partial charge in [-0.05, 0) is 37.5 Å². The van der Waals surface area contributed by atoms with Crippen molar-refractivity contribution in [3.8, 4) is 11.5 Å². The number of nitrogens with zero attached hydrogens (tertiary/aromatic N) is 2. The smallest absolute Gasteiger partial charge is 0.259 e. The Morgan fingerprint density at radius 3 is 3.00 bits per heavy atom. The molecule has 1 aliphatic heterocycles. The summed E-state index contributed by atoms with van der Waals surface area (Å²) in [5, 5.41) is 13.8. The number of amides is 2. The highest BCUT2D eigenvalue weighted by atomic mass is 35.5. The second-order valence-electron chi connectivity index (χ2n) is 5.70. The van der Waals surface area contributed by atoms with Crippen LogP contribution in [0.3, 0.4) is 0 Å². The van der Waals surface area contributed by atoms with Crippen LogP contribution in [-0.4, -0.2) is 47.7 Å². The molecule has 1 aromatic rings. The molecule has 1 fully saturated rings. The van der Waals surface area contributed by atoms with E-state index in [2.05, 4.69) is 10.5 Å². The van der Waals surface area contributed by atoms with E-state index in [0.717, 1.165) is 19.3 Å². The molecule has 0 unspecified atom stereocenters. The van der Waals surface area contributed by atoms with Gasteiger partial charge in [0.15, 0.2) is 11.5 Å². The van der Waals surface area contributed by atoms with E-state index in [1.54, 1.807) is 17.9 Å². The zero-order chi connectivity index (χ0) is 18.2. The van der Waals surface area contributed by atoms with Gasteiger partial charge >= 0.3 is 0 Å². The number of phenolic OH excluding ortho intramolecular Hbond substituents is 1. The van der Waals surface area contributed by atoms with Gasteiger partial charge in [-0.15, -0.1) is 0 Å². The largest absolute Gasteiger partial charge is 0.503 e. The number of hydrogen-bond donors (Lipinski definition) is 2. The molecule has 25 heavy (non-hydrogen) atoms. The fraction of sp³-hybridized carbons (Fsp3) is 0.471. The van der Waals surface area contributed by atoms with Crippen LogP contribution in [0.4, 0.5) is 0 Å². The Morgan fingerprint density at radius 2 is 2.24 bits per heavy atom. The molecule has 7 nitrogen and oxygen atoms in total. The topological polar surface area (TPSA) is 91.2 Å². The van der Waals surface area contributed by atoms with Gasteiger partial charge in [0.05, 0.1) is 17.8 Å². The molecule has 0 bridgehead atoms. The van der Waals surface area contributed by atoms with Gasteiger partial charge in [-0.3, -0.25) is 9.59 Å². The van der Waals surface area contributed by atoms with Crippen LogP contribution < -0.4 is 10.2 Å². The maximum atomic E-state index is 11.9. The monoisotopic (exact) mass is 367 g/mol. The van der Waals surface area contributed by atoms with Crippen molar-refractivity contribution in [2.45, 2.75) is 32.6 Å². The van der Waals surface area contributed by atoms with E-state index in [0.29, 0.717) is 25.1 Å². The minimum atomic E-state index is -0.360. The average Bonchev–Trinajstić information content (AvgIpc) is 2.77. The van der Waals surface area contributed by atoms with Crippen LogP contribution in [0.5, 0.6) is 11.5 Å². The number of carbonyl (C=O) groups excluding carboxylic acids is 2. The summed E-state index contributed by atoms with van der Waals surface area (Å²) in [4.78, 5) is 25.4. The number of halogens is 1. The second kappa shape index (κ2) is 9.27. The lowest BCUT2D eigenvalue weighted by atomic mass is 10.2. The van der Waals surface area contributed by atoms with Crippen molar-refractivity contribution in [3.63, 3.8) is 0 Å². The van der Waals surface area contributed by atoms with Crippen LogP contribution in [0, 0.1) is 0 Å². The fourth-order valence-electron chi connectivity index (χ4n) is 2.53. The molecule has 1 aromatic carbocycles. The minimum absolute atomic E-state index is 0.00306. The number of hydrogen-bond acceptors (Lipinski definition) is 5. The Hall–Kier alpha value is -2.28. The van der Waals surface area contributed by atoms with Crippen LogP contribution in [0.2, 0.25) is 5.02 Å². The quantitative estimate of drug-likeness (QED) is 0.596. The van der Waals surface area contributed by atoms with E-state index in [4.69, 9.17) is 16.3 Å². The lowest BCUT2D eigenvalue weighted by Crippen LogP contribution is -2.39. The third-order valence-corrected chi connectivity index (χ3v) is 4.05. The molecule has 0 atom stereocenters. The van der Waals surface area contributed by atoms with Crippen molar-refractivity contribution < 1.29 is 19.4 Å². The average molecular weight is 368 g/mol. The van der Waals surface area contributed by atoms with E-state index >= 15 is 0 Å². The number of phenols is 1. The lowest BCUT2D eigenvalue weighted by molar-refractivity contribution is -0.135. The normalized spacial score (nSPS) is 15.3. The number of ether oxygens (including phenoxy) is 1. The summed E-state index contributed by atoms with van der Waals surface area (Å²) in [5.41, 5.74) is 2.96. The van der Waals surface area contributed by atoms with Crippen molar-refractivity contribution >= 4 is 29.6 Å². The number of nitrogens with one attached hydrogen (secondary N) is 1. The van der Waals surface area contributed by atoms with Gasteiger partial charge in [-0.2, -0.15) is 5.10 Å². The molecule has 0 spiro atoms. The van der Waals surface area contributed by atoms with Gasteiger partial charge in [0.2, 0.25) is 5.91 Å². The fourth-order valence-corrected chi connectivity index (χ4v) is 2.75. The van der Waals surface area contributed by atoms with Gasteiger partial charge in [0.1, 0.15) is 6.54 Å². The third-order valence-electron chi connectivity index (χ3n) is 3.76. The first-order chi connectivity index (χ1) is 12.0. The number of hydrazone groups is 1. The highest BCUT2D eigenvalue weighted by molar-refractivity contribution is 6.32. The van der Waals surface area contributed by atoms with E-state index < -0.39 is 0 Å². The van der Waals surface area contributed by atoms with Crippen molar-refractivity contribution in [1.29, 1.82) is 0 Å². The second-order valence-corrected chi connectivity index (χ2v) is 6.11. The molecule has 2 N–H and O–H groups in total. The van der Waals surface area contributed by atoms with Gasteiger partial charge in [-0.25, -0.2) is 5.43 Å². The van der Waals surface area contributed by atoms with Gasteiger partial charge in [-0.1, -0.05) is 18.0 Å². The van der Waals surface area contributed by atoms with Gasteiger partial charge in [0.25, 0.3) is 5.91 Å². The maximum absolute atomic E-state index is 11.9. The number of likely N-dealkylation sites (tertiary alicyclic amines) is 1. The van der Waals surface area contributed by atoms with Crippen LogP contribution >= 0.6 is 11.6 Å². The van der Waals surface area contributed by atoms with Crippen molar-refractivity contribution in [3.05, 3.63) is 22.7 Å². The minimum Gasteiger partial charge on any atom is -0.503 e. The Balaban J connectivity index is 1.93. The Labute approximate surface area is 151 Å². The predicted molar refractivity (Wildman–Crippen MR) is 95.1 cm³/mol. The number of aromatic hydroxyl groups is 1. The summed E-state index contributed by atoms with van der Waals surface area (Å²) in [6.45, 7) is 2.77. The maximum Gasteiger partial charge on any atom is 0.259 e. The van der Waals surface area contributed by atoms with E-state index in [1.807, 2.05) is 0 Å². The molecule has 1 aliphatic rings. The van der Waals surface area contributed by atoms with E-state index in [1.165, 1.54) is 12.3 Å². The first-order valence-electron chi connectivity index (χ1n) is 8.26. The summed E-state index contributed by atoms with van der Waals surface area (Å²) in [6, 6.07) is 3.08.